The van der Waals surface area contributed by atoms with Gasteiger partial charge in [-0.2, -0.15) is 18.2 Å². The highest BCUT2D eigenvalue weighted by Crippen LogP contribution is 2.30. The van der Waals surface area contributed by atoms with Crippen molar-refractivity contribution in [2.24, 2.45) is 9.98 Å². The number of hydrogen-bond acceptors (Lipinski definition) is 6. The van der Waals surface area contributed by atoms with Crippen molar-refractivity contribution >= 4 is 63.2 Å². The average molecular weight is 467 g/mol. The van der Waals surface area contributed by atoms with Crippen molar-refractivity contribution in [2.75, 3.05) is 11.1 Å². The predicted molar refractivity (Wildman–Crippen MR) is 112 cm³/mol. The molecular formula is C18H12F3N5O3S2. The minimum Gasteiger partial charge on any atom is -0.325 e. The first-order valence-electron chi connectivity index (χ1n) is 8.39. The Balaban J connectivity index is 1.60. The quantitative estimate of drug-likeness (QED) is 0.639. The van der Waals surface area contributed by atoms with Crippen molar-refractivity contribution in [1.29, 1.82) is 5.41 Å². The van der Waals surface area contributed by atoms with E-state index < -0.39 is 41.0 Å². The van der Waals surface area contributed by atoms with Gasteiger partial charge in [0.1, 0.15) is 0 Å². The Morgan fingerprint density at radius 2 is 2.03 bits per heavy atom. The van der Waals surface area contributed by atoms with Gasteiger partial charge in [-0.3, -0.25) is 25.1 Å². The number of carbonyl (C=O) groups excluding carboxylic acids is 3. The van der Waals surface area contributed by atoms with E-state index in [1.807, 2.05) is 0 Å². The number of amidine groups is 2. The molecule has 0 aliphatic carbocycles. The van der Waals surface area contributed by atoms with Crippen LogP contribution in [0.1, 0.15) is 15.2 Å². The van der Waals surface area contributed by atoms with Crippen LogP contribution in [0.2, 0.25) is 0 Å². The smallest absolute Gasteiger partial charge is 0.325 e. The van der Waals surface area contributed by atoms with Crippen LogP contribution >= 0.6 is 23.1 Å². The number of amides is 3. The van der Waals surface area contributed by atoms with E-state index in [4.69, 9.17) is 5.41 Å². The maximum absolute atomic E-state index is 12.7. The van der Waals surface area contributed by atoms with E-state index in [1.165, 1.54) is 12.1 Å². The number of hydrogen-bond donors (Lipinski definition) is 3. The first-order chi connectivity index (χ1) is 14.6. The van der Waals surface area contributed by atoms with Crippen LogP contribution in [0.3, 0.4) is 0 Å². The summed E-state index contributed by atoms with van der Waals surface area (Å²) in [5.74, 6) is -2.99. The molecule has 8 nitrogen and oxygen atoms in total. The first kappa shape index (κ1) is 22.4. The summed E-state index contributed by atoms with van der Waals surface area (Å²) < 4.78 is 38.2. The zero-order valence-electron chi connectivity index (χ0n) is 15.3. The third-order valence-corrected chi connectivity index (χ3v) is 5.36. The number of benzene rings is 1. The number of anilines is 1. The molecule has 3 N–H and O–H groups in total. The molecule has 1 aliphatic rings. The second-order valence-electron chi connectivity index (χ2n) is 5.88. The molecule has 31 heavy (non-hydrogen) atoms. The molecule has 0 fully saturated rings. The van der Waals surface area contributed by atoms with Crippen LogP contribution in [-0.4, -0.2) is 40.2 Å². The Kier molecular flexibility index (Phi) is 6.65. The molecule has 0 saturated heterocycles. The first-order valence-corrected chi connectivity index (χ1v) is 10.3. The minimum atomic E-state index is -4.54. The number of rotatable bonds is 4. The van der Waals surface area contributed by atoms with Gasteiger partial charge >= 0.3 is 6.18 Å². The Morgan fingerprint density at radius 1 is 1.26 bits per heavy atom. The van der Waals surface area contributed by atoms with Crippen molar-refractivity contribution in [3.8, 4) is 0 Å². The Morgan fingerprint density at radius 3 is 2.68 bits per heavy atom. The highest BCUT2D eigenvalue weighted by molar-refractivity contribution is 8.14. The van der Waals surface area contributed by atoms with Crippen LogP contribution < -0.4 is 10.6 Å². The summed E-state index contributed by atoms with van der Waals surface area (Å²) in [6.07, 6.45) is -4.54. The molecule has 1 aliphatic heterocycles. The SMILES string of the molecule is N=C1N=C(SCC(=O)Nc2cccc(C(F)(F)F)c2)NC(=O)C1=NC(=O)c1cccs1. The van der Waals surface area contributed by atoms with E-state index in [0.29, 0.717) is 4.88 Å². The molecular weight excluding hydrogens is 455 g/mol. The number of aliphatic imine (C=N–C) groups is 2. The van der Waals surface area contributed by atoms with Crippen LogP contribution in [0, 0.1) is 5.41 Å². The van der Waals surface area contributed by atoms with Gasteiger partial charge in [-0.15, -0.1) is 11.3 Å². The number of carbonyl (C=O) groups is 3. The van der Waals surface area contributed by atoms with Gasteiger partial charge in [0, 0.05) is 5.69 Å². The molecule has 13 heteroatoms. The van der Waals surface area contributed by atoms with Gasteiger partial charge in [0.05, 0.1) is 16.2 Å². The maximum Gasteiger partial charge on any atom is 0.416 e. The highest BCUT2D eigenvalue weighted by Gasteiger charge is 2.30. The van der Waals surface area contributed by atoms with E-state index >= 15 is 0 Å². The maximum atomic E-state index is 12.7. The monoisotopic (exact) mass is 467 g/mol. The predicted octanol–water partition coefficient (Wildman–Crippen LogP) is 3.18. The lowest BCUT2D eigenvalue weighted by Gasteiger charge is -2.14. The molecule has 0 bridgehead atoms. The number of halogens is 3. The van der Waals surface area contributed by atoms with Gasteiger partial charge in [-0.25, -0.2) is 4.99 Å². The lowest BCUT2D eigenvalue weighted by atomic mass is 10.2. The Bertz CT molecular complexity index is 1110. The third-order valence-electron chi connectivity index (χ3n) is 3.63. The molecule has 0 spiro atoms. The van der Waals surface area contributed by atoms with E-state index in [2.05, 4.69) is 20.6 Å². The topological polar surface area (TPSA) is 124 Å². The van der Waals surface area contributed by atoms with Crippen molar-refractivity contribution in [1.82, 2.24) is 5.32 Å². The standard InChI is InChI=1S/C18H12F3N5O3S2/c19-18(20,21)9-3-1-4-10(7-9)23-12(27)8-31-17-25-14(22)13(16(29)26-17)24-15(28)11-5-2-6-30-11/h1-7H,8H2,(H,23,27)(H2,22,25,26,29). The van der Waals surface area contributed by atoms with Crippen LogP contribution in [0.4, 0.5) is 18.9 Å². The zero-order chi connectivity index (χ0) is 22.6. The summed E-state index contributed by atoms with van der Waals surface area (Å²) in [6.45, 7) is 0. The van der Waals surface area contributed by atoms with E-state index in [9.17, 15) is 27.6 Å². The van der Waals surface area contributed by atoms with E-state index in [1.54, 1.807) is 11.4 Å². The van der Waals surface area contributed by atoms with Crippen LogP contribution in [-0.2, 0) is 15.8 Å². The number of thiophene rings is 1. The van der Waals surface area contributed by atoms with Gasteiger partial charge in [-0.05, 0) is 29.6 Å². The van der Waals surface area contributed by atoms with Crippen molar-refractivity contribution in [3.05, 3.63) is 52.2 Å². The lowest BCUT2D eigenvalue weighted by Crippen LogP contribution is -2.43. The van der Waals surface area contributed by atoms with Crippen molar-refractivity contribution in [2.45, 2.75) is 6.18 Å². The fourth-order valence-electron chi connectivity index (χ4n) is 2.28. The number of alkyl halides is 3. The molecule has 3 rings (SSSR count). The van der Waals surface area contributed by atoms with Gasteiger partial charge < -0.3 is 5.32 Å². The largest absolute Gasteiger partial charge is 0.416 e. The van der Waals surface area contributed by atoms with Crippen molar-refractivity contribution in [3.63, 3.8) is 0 Å². The summed E-state index contributed by atoms with van der Waals surface area (Å²) in [5.41, 5.74) is -1.40. The number of thioether (sulfide) groups is 1. The third kappa shape index (κ3) is 5.86. The molecule has 1 aromatic carbocycles. The lowest BCUT2D eigenvalue weighted by molar-refractivity contribution is -0.137. The Labute approximate surface area is 181 Å². The number of nitrogens with one attached hydrogen (secondary N) is 3. The van der Waals surface area contributed by atoms with E-state index in [-0.39, 0.29) is 16.6 Å². The molecule has 3 amide bonds. The molecule has 160 valence electrons. The van der Waals surface area contributed by atoms with Gasteiger partial charge in [0.2, 0.25) is 5.91 Å². The summed E-state index contributed by atoms with van der Waals surface area (Å²) in [7, 11) is 0. The summed E-state index contributed by atoms with van der Waals surface area (Å²) >= 11 is 1.90. The second kappa shape index (κ2) is 9.22. The average Bonchev–Trinajstić information content (AvgIpc) is 3.23. The fourth-order valence-corrected chi connectivity index (χ4v) is 3.55. The Hall–Kier alpha value is -3.32. The molecule has 0 saturated carbocycles. The van der Waals surface area contributed by atoms with Gasteiger partial charge in [0.15, 0.2) is 16.7 Å². The van der Waals surface area contributed by atoms with Crippen LogP contribution in [0.25, 0.3) is 0 Å². The fraction of sp³-hybridized carbons (Fsp3) is 0.111. The highest BCUT2D eigenvalue weighted by atomic mass is 32.2. The van der Waals surface area contributed by atoms with Gasteiger partial charge in [-0.1, -0.05) is 23.9 Å². The molecule has 0 atom stereocenters. The molecule has 2 aromatic rings. The molecule has 0 unspecified atom stereocenters. The summed E-state index contributed by atoms with van der Waals surface area (Å²) in [5, 5.41) is 14.1. The molecule has 2 heterocycles. The number of nitrogens with zero attached hydrogens (tertiary/aromatic N) is 2. The molecule has 0 radical (unpaired) electrons. The second-order valence-corrected chi connectivity index (χ2v) is 7.79. The molecule has 1 aromatic heterocycles. The summed E-state index contributed by atoms with van der Waals surface area (Å²) in [4.78, 5) is 43.9. The normalized spacial score (nSPS) is 15.5. The summed E-state index contributed by atoms with van der Waals surface area (Å²) in [6, 6.07) is 7.31. The van der Waals surface area contributed by atoms with Gasteiger partial charge in [0.25, 0.3) is 11.8 Å². The van der Waals surface area contributed by atoms with Crippen LogP contribution in [0.15, 0.2) is 51.8 Å². The zero-order valence-corrected chi connectivity index (χ0v) is 17.0. The minimum absolute atomic E-state index is 0.0377. The van der Waals surface area contributed by atoms with E-state index in [0.717, 1.165) is 41.3 Å². The van der Waals surface area contributed by atoms with Crippen molar-refractivity contribution < 1.29 is 27.6 Å². The van der Waals surface area contributed by atoms with Crippen LogP contribution in [0.5, 0.6) is 0 Å².